The Morgan fingerprint density at radius 1 is 1.42 bits per heavy atom. The van der Waals surface area contributed by atoms with E-state index >= 15 is 0 Å². The first-order valence-electron chi connectivity index (χ1n) is 7.63. The number of amides is 1. The zero-order valence-electron chi connectivity index (χ0n) is 12.7. The predicted molar refractivity (Wildman–Crippen MR) is 90.9 cm³/mol. The van der Waals surface area contributed by atoms with Crippen LogP contribution in [0.1, 0.15) is 34.4 Å². The van der Waals surface area contributed by atoms with Crippen molar-refractivity contribution in [1.29, 1.82) is 0 Å². The van der Waals surface area contributed by atoms with Gasteiger partial charge in [0.05, 0.1) is 10.9 Å². The number of aliphatic hydroxyl groups is 1. The van der Waals surface area contributed by atoms with Crippen LogP contribution in [0.2, 0.25) is 0 Å². The van der Waals surface area contributed by atoms with Crippen molar-refractivity contribution in [3.8, 4) is 10.6 Å². The first kappa shape index (κ1) is 15.5. The lowest BCUT2D eigenvalue weighted by molar-refractivity contribution is 0.0477. The van der Waals surface area contributed by atoms with Crippen LogP contribution in [-0.2, 0) is 0 Å². The molecule has 0 radical (unpaired) electrons. The van der Waals surface area contributed by atoms with Crippen LogP contribution in [0.5, 0.6) is 0 Å². The molecule has 3 aromatic rings. The van der Waals surface area contributed by atoms with Crippen molar-refractivity contribution in [2.75, 3.05) is 6.54 Å². The van der Waals surface area contributed by atoms with E-state index in [1.165, 1.54) is 22.7 Å². The molecule has 4 heterocycles. The summed E-state index contributed by atoms with van der Waals surface area (Å²) in [7, 11) is 0. The van der Waals surface area contributed by atoms with Crippen molar-refractivity contribution in [1.82, 2.24) is 15.0 Å². The SMILES string of the molecule is O=C(c1cc(-c2cccs2)on1)N1CCC[C@@H]1[C@H](O)c1nccs1. The maximum atomic E-state index is 12.8. The Morgan fingerprint density at radius 3 is 3.08 bits per heavy atom. The number of nitrogens with zero attached hydrogens (tertiary/aromatic N) is 3. The quantitative estimate of drug-likeness (QED) is 0.772. The molecule has 6 nitrogen and oxygen atoms in total. The van der Waals surface area contributed by atoms with E-state index in [0.717, 1.165) is 17.7 Å². The van der Waals surface area contributed by atoms with Crippen LogP contribution in [0, 0.1) is 0 Å². The second kappa shape index (κ2) is 6.46. The molecule has 8 heteroatoms. The molecular weight excluding hydrogens is 346 g/mol. The van der Waals surface area contributed by atoms with Gasteiger partial charge in [0.2, 0.25) is 0 Å². The topological polar surface area (TPSA) is 79.5 Å². The molecule has 0 unspecified atom stereocenters. The lowest BCUT2D eigenvalue weighted by Gasteiger charge is -2.26. The third-order valence-corrected chi connectivity index (χ3v) is 5.85. The largest absolute Gasteiger partial charge is 0.384 e. The minimum Gasteiger partial charge on any atom is -0.384 e. The average Bonchev–Trinajstić information content (AvgIpc) is 3.41. The summed E-state index contributed by atoms with van der Waals surface area (Å²) in [5, 5.41) is 18.9. The highest BCUT2D eigenvalue weighted by atomic mass is 32.1. The maximum Gasteiger partial charge on any atom is 0.276 e. The fourth-order valence-electron chi connectivity index (χ4n) is 2.98. The number of aromatic nitrogens is 2. The van der Waals surface area contributed by atoms with Gasteiger partial charge in [-0.2, -0.15) is 0 Å². The standard InChI is InChI=1S/C16H15N3O3S2/c20-14(15-17-5-8-24-15)11-3-1-6-19(11)16(21)10-9-12(22-18-10)13-4-2-7-23-13/h2,4-5,7-9,11,14,20H,1,3,6H2/t11-,14+/m1/s1. The zero-order valence-corrected chi connectivity index (χ0v) is 14.3. The molecule has 0 aromatic carbocycles. The van der Waals surface area contributed by atoms with E-state index in [1.54, 1.807) is 17.2 Å². The highest BCUT2D eigenvalue weighted by Gasteiger charge is 2.37. The third kappa shape index (κ3) is 2.77. The molecule has 1 aliphatic rings. The van der Waals surface area contributed by atoms with Gasteiger partial charge >= 0.3 is 0 Å². The Balaban J connectivity index is 1.55. The van der Waals surface area contributed by atoms with Crippen LogP contribution in [-0.4, -0.2) is 38.6 Å². The average molecular weight is 361 g/mol. The van der Waals surface area contributed by atoms with Gasteiger partial charge in [0.1, 0.15) is 11.1 Å². The Kier molecular flexibility index (Phi) is 4.17. The second-order valence-corrected chi connectivity index (χ2v) is 7.45. The van der Waals surface area contributed by atoms with Gasteiger partial charge in [-0.15, -0.1) is 22.7 Å². The molecule has 2 atom stereocenters. The molecule has 4 rings (SSSR count). The molecule has 124 valence electrons. The van der Waals surface area contributed by atoms with E-state index in [1.807, 2.05) is 22.9 Å². The first-order valence-corrected chi connectivity index (χ1v) is 9.39. The van der Waals surface area contributed by atoms with Crippen molar-refractivity contribution >= 4 is 28.6 Å². The van der Waals surface area contributed by atoms with Crippen LogP contribution in [0.25, 0.3) is 10.6 Å². The highest BCUT2D eigenvalue weighted by Crippen LogP contribution is 2.32. The first-order chi connectivity index (χ1) is 11.7. The maximum absolute atomic E-state index is 12.8. The van der Waals surface area contributed by atoms with Crippen molar-refractivity contribution in [3.63, 3.8) is 0 Å². The predicted octanol–water partition coefficient (Wildman–Crippen LogP) is 3.20. The van der Waals surface area contributed by atoms with E-state index in [2.05, 4.69) is 10.1 Å². The Bertz CT molecular complexity index is 814. The molecule has 0 aliphatic carbocycles. The van der Waals surface area contributed by atoms with Gasteiger partial charge in [0, 0.05) is 24.2 Å². The van der Waals surface area contributed by atoms with Gasteiger partial charge in [-0.1, -0.05) is 11.2 Å². The molecule has 1 N–H and O–H groups in total. The van der Waals surface area contributed by atoms with Gasteiger partial charge in [0.25, 0.3) is 5.91 Å². The van der Waals surface area contributed by atoms with E-state index in [-0.39, 0.29) is 17.6 Å². The molecule has 0 bridgehead atoms. The highest BCUT2D eigenvalue weighted by molar-refractivity contribution is 7.13. The molecule has 3 aromatic heterocycles. The molecule has 24 heavy (non-hydrogen) atoms. The minimum atomic E-state index is -0.764. The van der Waals surface area contributed by atoms with Gasteiger partial charge in [-0.05, 0) is 24.3 Å². The van der Waals surface area contributed by atoms with Gasteiger partial charge in [0.15, 0.2) is 11.5 Å². The number of hydrogen-bond acceptors (Lipinski definition) is 7. The van der Waals surface area contributed by atoms with Crippen molar-refractivity contribution in [2.24, 2.45) is 0 Å². The number of thiophene rings is 1. The number of likely N-dealkylation sites (tertiary alicyclic amines) is 1. The molecule has 1 aliphatic heterocycles. The fourth-order valence-corrected chi connectivity index (χ4v) is 4.33. The third-order valence-electron chi connectivity index (χ3n) is 4.12. The van der Waals surface area contributed by atoms with Crippen molar-refractivity contribution in [2.45, 2.75) is 25.0 Å². The monoisotopic (exact) mass is 361 g/mol. The summed E-state index contributed by atoms with van der Waals surface area (Å²) in [6, 6.07) is 5.24. The smallest absolute Gasteiger partial charge is 0.276 e. The number of hydrogen-bond donors (Lipinski definition) is 1. The molecule has 1 amide bonds. The van der Waals surface area contributed by atoms with Gasteiger partial charge in [-0.25, -0.2) is 4.98 Å². The number of rotatable bonds is 4. The molecule has 1 saturated heterocycles. The van der Waals surface area contributed by atoms with E-state index in [9.17, 15) is 9.90 Å². The summed E-state index contributed by atoms with van der Waals surface area (Å²) in [4.78, 5) is 19.6. The summed E-state index contributed by atoms with van der Waals surface area (Å²) in [6.45, 7) is 0.604. The molecule has 0 saturated carbocycles. The van der Waals surface area contributed by atoms with Crippen molar-refractivity contribution < 1.29 is 14.4 Å². The Hall–Kier alpha value is -2.03. The normalized spacial score (nSPS) is 18.9. The van der Waals surface area contributed by atoms with Crippen LogP contribution >= 0.6 is 22.7 Å². The van der Waals surface area contributed by atoms with E-state index in [0.29, 0.717) is 17.3 Å². The van der Waals surface area contributed by atoms with Crippen molar-refractivity contribution in [3.05, 3.63) is 45.9 Å². The number of carbonyl (C=O) groups excluding carboxylic acids is 1. The minimum absolute atomic E-state index is 0.209. The summed E-state index contributed by atoms with van der Waals surface area (Å²) in [5.74, 6) is 0.379. The van der Waals surface area contributed by atoms with Gasteiger partial charge < -0.3 is 14.5 Å². The second-order valence-electron chi connectivity index (χ2n) is 5.58. The number of carbonyl (C=O) groups is 1. The van der Waals surface area contributed by atoms with Gasteiger partial charge in [-0.3, -0.25) is 4.79 Å². The number of thiazole rings is 1. The van der Waals surface area contributed by atoms with Crippen LogP contribution in [0.3, 0.4) is 0 Å². The molecular formula is C16H15N3O3S2. The summed E-state index contributed by atoms with van der Waals surface area (Å²) in [6.07, 6.45) is 2.51. The lowest BCUT2D eigenvalue weighted by atomic mass is 10.1. The summed E-state index contributed by atoms with van der Waals surface area (Å²) >= 11 is 2.93. The fraction of sp³-hybridized carbons (Fsp3) is 0.312. The van der Waals surface area contributed by atoms with Crippen LogP contribution in [0.15, 0.2) is 39.7 Å². The zero-order chi connectivity index (χ0) is 16.5. The van der Waals surface area contributed by atoms with Crippen LogP contribution in [0.4, 0.5) is 0 Å². The summed E-state index contributed by atoms with van der Waals surface area (Å²) in [5.41, 5.74) is 0.275. The lowest BCUT2D eigenvalue weighted by Crippen LogP contribution is -2.39. The Morgan fingerprint density at radius 2 is 2.33 bits per heavy atom. The summed E-state index contributed by atoms with van der Waals surface area (Å²) < 4.78 is 5.30. The van der Waals surface area contributed by atoms with E-state index in [4.69, 9.17) is 4.52 Å². The molecule has 0 spiro atoms. The van der Waals surface area contributed by atoms with E-state index < -0.39 is 6.10 Å². The van der Waals surface area contributed by atoms with Crippen LogP contribution < -0.4 is 0 Å². The number of aliphatic hydroxyl groups excluding tert-OH is 1. The Labute approximate surface area is 146 Å². The molecule has 1 fully saturated rings.